The molecule has 1 N–H and O–H groups in total. The third-order valence-corrected chi connectivity index (χ3v) is 8.19. The number of alkyl halides is 3. The Labute approximate surface area is 229 Å². The summed E-state index contributed by atoms with van der Waals surface area (Å²) >= 11 is 0.978. The Morgan fingerprint density at radius 3 is 2.41 bits per heavy atom. The van der Waals surface area contributed by atoms with Crippen LogP contribution in [0.1, 0.15) is 54.7 Å². The number of ketones is 1. The van der Waals surface area contributed by atoms with Crippen LogP contribution in [0.3, 0.4) is 0 Å². The van der Waals surface area contributed by atoms with Crippen LogP contribution in [-0.4, -0.2) is 26.9 Å². The summed E-state index contributed by atoms with van der Waals surface area (Å²) in [6.45, 7) is 0.644. The number of halogens is 3. The van der Waals surface area contributed by atoms with E-state index in [0.29, 0.717) is 29.1 Å². The van der Waals surface area contributed by atoms with Crippen LogP contribution in [0.25, 0.3) is 17.2 Å². The van der Waals surface area contributed by atoms with Gasteiger partial charge in [-0.3, -0.25) is 9.59 Å². The highest BCUT2D eigenvalue weighted by Gasteiger charge is 2.30. The maximum atomic E-state index is 13.0. The Bertz CT molecular complexity index is 1380. The van der Waals surface area contributed by atoms with E-state index < -0.39 is 11.7 Å². The highest BCUT2D eigenvalue weighted by molar-refractivity contribution is 8.18. The van der Waals surface area contributed by atoms with Crippen LogP contribution in [-0.2, 0) is 28.7 Å². The predicted octanol–water partition coefficient (Wildman–Crippen LogP) is 6.63. The lowest BCUT2D eigenvalue weighted by molar-refractivity contribution is -0.137. The molecule has 1 saturated heterocycles. The van der Waals surface area contributed by atoms with Crippen LogP contribution in [0.15, 0.2) is 65.7 Å². The summed E-state index contributed by atoms with van der Waals surface area (Å²) in [4.78, 5) is 32.9. The van der Waals surface area contributed by atoms with E-state index in [1.165, 1.54) is 12.1 Å². The molecule has 5 nitrogen and oxygen atoms in total. The van der Waals surface area contributed by atoms with Gasteiger partial charge in [0.2, 0.25) is 5.12 Å². The van der Waals surface area contributed by atoms with Gasteiger partial charge in [-0.25, -0.2) is 9.97 Å². The zero-order valence-electron chi connectivity index (χ0n) is 21.2. The molecule has 2 aromatic carbocycles. The van der Waals surface area contributed by atoms with Gasteiger partial charge in [-0.15, -0.1) is 0 Å². The lowest BCUT2D eigenvalue weighted by Gasteiger charge is -2.29. The number of carbonyl (C=O) groups excluding carboxylic acids is 2. The fourth-order valence-electron chi connectivity index (χ4n) is 5.15. The van der Waals surface area contributed by atoms with Crippen LogP contribution in [0.5, 0.6) is 0 Å². The Balaban J connectivity index is 1.14. The zero-order chi connectivity index (χ0) is 27.4. The molecule has 1 aromatic heterocycles. The van der Waals surface area contributed by atoms with Gasteiger partial charge in [0, 0.05) is 25.2 Å². The fraction of sp³-hybridized carbons (Fsp3) is 0.333. The third kappa shape index (κ3) is 7.02. The normalized spacial score (nSPS) is 21.1. The number of aromatic nitrogens is 2. The Morgan fingerprint density at radius 2 is 1.72 bits per heavy atom. The van der Waals surface area contributed by atoms with Crippen LogP contribution < -0.4 is 5.32 Å². The highest BCUT2D eigenvalue weighted by atomic mass is 32.2. The molecule has 0 spiro atoms. The van der Waals surface area contributed by atoms with Crippen molar-refractivity contribution < 1.29 is 22.8 Å². The molecule has 0 amide bonds. The van der Waals surface area contributed by atoms with Crippen molar-refractivity contribution in [1.82, 2.24) is 15.3 Å². The zero-order valence-corrected chi connectivity index (χ0v) is 22.0. The van der Waals surface area contributed by atoms with E-state index in [1.807, 2.05) is 24.3 Å². The minimum absolute atomic E-state index is 0.0492. The van der Waals surface area contributed by atoms with Crippen LogP contribution >= 0.6 is 11.8 Å². The van der Waals surface area contributed by atoms with Crippen LogP contribution in [0.2, 0.25) is 0 Å². The van der Waals surface area contributed by atoms with Crippen molar-refractivity contribution in [2.45, 2.75) is 57.3 Å². The first-order valence-corrected chi connectivity index (χ1v) is 13.8. The number of hydrogen-bond donors (Lipinski definition) is 1. The molecule has 5 rings (SSSR count). The first kappa shape index (κ1) is 27.3. The van der Waals surface area contributed by atoms with E-state index in [2.05, 4.69) is 15.3 Å². The second kappa shape index (κ2) is 11.8. The van der Waals surface area contributed by atoms with E-state index in [-0.39, 0.29) is 17.3 Å². The molecule has 1 saturated carbocycles. The molecule has 2 fully saturated rings. The molecule has 9 heteroatoms. The van der Waals surface area contributed by atoms with Gasteiger partial charge in [0.1, 0.15) is 5.82 Å². The van der Waals surface area contributed by atoms with Crippen molar-refractivity contribution in [3.8, 4) is 11.1 Å². The van der Waals surface area contributed by atoms with E-state index in [0.717, 1.165) is 78.5 Å². The van der Waals surface area contributed by atoms with E-state index >= 15 is 0 Å². The maximum absolute atomic E-state index is 13.0. The van der Waals surface area contributed by atoms with Gasteiger partial charge in [0.15, 0.2) is 5.78 Å². The minimum Gasteiger partial charge on any atom is -0.310 e. The van der Waals surface area contributed by atoms with Gasteiger partial charge in [-0.2, -0.15) is 13.2 Å². The number of Topliss-reactive ketones (excluding diaryl/α,β-unsaturated/α-hetero) is 1. The van der Waals surface area contributed by atoms with Crippen molar-refractivity contribution in [2.24, 2.45) is 5.92 Å². The number of nitrogens with zero attached hydrogens (tertiary/aromatic N) is 2. The predicted molar refractivity (Wildman–Crippen MR) is 145 cm³/mol. The second-order valence-electron chi connectivity index (χ2n) is 10.0. The largest absolute Gasteiger partial charge is 0.416 e. The van der Waals surface area contributed by atoms with Crippen molar-refractivity contribution >= 4 is 28.7 Å². The van der Waals surface area contributed by atoms with Gasteiger partial charge < -0.3 is 5.32 Å². The molecule has 2 heterocycles. The molecular weight excluding hydrogens is 523 g/mol. The van der Waals surface area contributed by atoms with Gasteiger partial charge in [0.05, 0.1) is 22.6 Å². The average Bonchev–Trinajstić information content (AvgIpc) is 3.24. The Morgan fingerprint density at radius 1 is 0.974 bits per heavy atom. The smallest absolute Gasteiger partial charge is 0.310 e. The average molecular weight is 552 g/mol. The molecule has 0 radical (unpaired) electrons. The molecule has 39 heavy (non-hydrogen) atoms. The first-order valence-electron chi connectivity index (χ1n) is 13.0. The summed E-state index contributed by atoms with van der Waals surface area (Å²) in [5, 5.41) is 3.51. The Hall–Kier alpha value is -3.30. The lowest BCUT2D eigenvalue weighted by Crippen LogP contribution is -2.33. The molecule has 2 aliphatic rings. The molecule has 3 aromatic rings. The van der Waals surface area contributed by atoms with Crippen molar-refractivity contribution in [2.75, 3.05) is 0 Å². The van der Waals surface area contributed by atoms with Crippen molar-refractivity contribution in [1.29, 1.82) is 0 Å². The first-order chi connectivity index (χ1) is 18.7. The lowest BCUT2D eigenvalue weighted by atomic mass is 9.84. The number of allylic oxidation sites excluding steroid dienone is 1. The third-order valence-electron chi connectivity index (χ3n) is 7.25. The molecule has 0 atom stereocenters. The summed E-state index contributed by atoms with van der Waals surface area (Å²) < 4.78 is 38.9. The number of nitrogens with one attached hydrogen (secondary N) is 1. The van der Waals surface area contributed by atoms with Gasteiger partial charge in [-0.1, -0.05) is 36.4 Å². The number of benzene rings is 2. The number of thioether (sulfide) groups is 1. The molecular formula is C30H28F3N3O2S. The highest BCUT2D eigenvalue weighted by Crippen LogP contribution is 2.33. The Kier molecular flexibility index (Phi) is 8.28. The summed E-state index contributed by atoms with van der Waals surface area (Å²) in [7, 11) is 0. The van der Waals surface area contributed by atoms with E-state index in [9.17, 15) is 22.8 Å². The van der Waals surface area contributed by atoms with Crippen molar-refractivity contribution in [3.63, 3.8) is 0 Å². The minimum atomic E-state index is -4.35. The monoisotopic (exact) mass is 551 g/mol. The number of hydrogen-bond acceptors (Lipinski definition) is 6. The fourth-order valence-corrected chi connectivity index (χ4v) is 5.96. The summed E-state index contributed by atoms with van der Waals surface area (Å²) in [5.74, 6) is 1.06. The molecule has 1 aliphatic heterocycles. The summed E-state index contributed by atoms with van der Waals surface area (Å²) in [6.07, 6.45) is 3.85. The molecule has 0 unspecified atom stereocenters. The second-order valence-corrected chi connectivity index (χ2v) is 11.1. The molecule has 202 valence electrons. The standard InChI is InChI=1S/C30H28F3N3O2S/c31-30(32,33)22-9-7-20(8-10-22)25-4-2-1-3-21(25)18-35-23-11-5-19(6-12-23)15-28-34-14-13-24(36-28)16-27-26(37)17-29(38)39-27/h1-4,7-10,13-14,16,19,23,35H,5-6,11-12,15,17-18H2/b27-16-. The van der Waals surface area contributed by atoms with Crippen LogP contribution in [0, 0.1) is 5.92 Å². The van der Waals surface area contributed by atoms with Gasteiger partial charge in [-0.05, 0) is 84.3 Å². The maximum Gasteiger partial charge on any atom is 0.416 e. The quantitative estimate of drug-likeness (QED) is 0.263. The number of rotatable bonds is 7. The summed E-state index contributed by atoms with van der Waals surface area (Å²) in [5.41, 5.74) is 2.75. The van der Waals surface area contributed by atoms with Crippen molar-refractivity contribution in [3.05, 3.63) is 88.3 Å². The van der Waals surface area contributed by atoms with Crippen LogP contribution in [0.4, 0.5) is 13.2 Å². The van der Waals surface area contributed by atoms with Gasteiger partial charge in [0.25, 0.3) is 0 Å². The summed E-state index contributed by atoms with van der Waals surface area (Å²) in [6, 6.07) is 15.2. The number of carbonyl (C=O) groups is 2. The van der Waals surface area contributed by atoms with Gasteiger partial charge >= 0.3 is 6.18 Å². The topological polar surface area (TPSA) is 72.0 Å². The molecule has 1 aliphatic carbocycles. The van der Waals surface area contributed by atoms with E-state index in [1.54, 1.807) is 18.3 Å². The van der Waals surface area contributed by atoms with E-state index in [4.69, 9.17) is 0 Å². The molecule has 0 bridgehead atoms. The SMILES string of the molecule is O=C1CC(=O)/C(=C/c2ccnc(CC3CCC(NCc4ccccc4-c4ccc(C(F)(F)F)cc4)CC3)n2)S1.